The zero-order valence-electron chi connectivity index (χ0n) is 25.5. The molecule has 1 aliphatic rings. The number of pyridine rings is 2. The lowest BCUT2D eigenvalue weighted by Gasteiger charge is -2.24. The van der Waals surface area contributed by atoms with Crippen LogP contribution in [0.4, 0.5) is 11.6 Å². The van der Waals surface area contributed by atoms with Crippen molar-refractivity contribution in [1.82, 2.24) is 9.97 Å². The van der Waals surface area contributed by atoms with Gasteiger partial charge in [0.15, 0.2) is 23.0 Å². The highest BCUT2D eigenvalue weighted by Crippen LogP contribution is 2.43. The van der Waals surface area contributed by atoms with Crippen LogP contribution in [-0.2, 0) is 0 Å². The van der Waals surface area contributed by atoms with Gasteiger partial charge in [0.25, 0.3) is 0 Å². The maximum atomic E-state index is 5.66. The van der Waals surface area contributed by atoms with Crippen molar-refractivity contribution in [3.8, 4) is 56.8 Å². The molecule has 2 aromatic heterocycles. The van der Waals surface area contributed by atoms with Crippen molar-refractivity contribution < 1.29 is 28.4 Å². The smallest absolute Gasteiger partial charge is 0.168 e. The predicted molar refractivity (Wildman–Crippen MR) is 168 cm³/mol. The fraction of sp³-hybridized carbons (Fsp3) is 0.333. The number of hydrogen-bond acceptors (Lipinski definition) is 10. The summed E-state index contributed by atoms with van der Waals surface area (Å²) < 4.78 is 33.3. The van der Waals surface area contributed by atoms with Gasteiger partial charge in [-0.05, 0) is 42.8 Å². The molecule has 4 aromatic rings. The molecule has 2 aromatic carbocycles. The molecule has 0 amide bonds. The highest BCUT2D eigenvalue weighted by atomic mass is 16.5. The van der Waals surface area contributed by atoms with Gasteiger partial charge in [0.05, 0.1) is 42.7 Å². The molecule has 0 N–H and O–H groups in total. The zero-order chi connectivity index (χ0) is 30.3. The first-order valence-corrected chi connectivity index (χ1v) is 14.1. The van der Waals surface area contributed by atoms with E-state index in [0.29, 0.717) is 34.5 Å². The van der Waals surface area contributed by atoms with Crippen LogP contribution in [0.25, 0.3) is 22.3 Å². The van der Waals surface area contributed by atoms with Gasteiger partial charge in [-0.1, -0.05) is 0 Å². The Morgan fingerprint density at radius 3 is 1.28 bits per heavy atom. The summed E-state index contributed by atoms with van der Waals surface area (Å²) in [5.41, 5.74) is 3.56. The van der Waals surface area contributed by atoms with Crippen LogP contribution in [0.5, 0.6) is 34.5 Å². The Bertz CT molecular complexity index is 1410. The highest BCUT2D eigenvalue weighted by Gasteiger charge is 2.20. The van der Waals surface area contributed by atoms with Gasteiger partial charge in [0, 0.05) is 73.0 Å². The fourth-order valence-corrected chi connectivity index (χ4v) is 5.38. The maximum Gasteiger partial charge on any atom is 0.168 e. The molecule has 1 aliphatic heterocycles. The minimum absolute atomic E-state index is 0.609. The Labute approximate surface area is 252 Å². The van der Waals surface area contributed by atoms with Crippen molar-refractivity contribution in [1.29, 1.82) is 0 Å². The van der Waals surface area contributed by atoms with E-state index in [0.717, 1.165) is 66.5 Å². The lowest BCUT2D eigenvalue weighted by molar-refractivity contribution is 0.350. The average Bonchev–Trinajstić information content (AvgIpc) is 3.33. The lowest BCUT2D eigenvalue weighted by atomic mass is 10.1. The maximum absolute atomic E-state index is 5.66. The van der Waals surface area contributed by atoms with E-state index >= 15 is 0 Å². The summed E-state index contributed by atoms with van der Waals surface area (Å²) in [6.45, 7) is 3.45. The lowest BCUT2D eigenvalue weighted by Crippen LogP contribution is -2.31. The number of nitrogens with zero attached hydrogens (tertiary/aromatic N) is 4. The highest BCUT2D eigenvalue weighted by molar-refractivity contribution is 5.77. The number of anilines is 2. The number of methoxy groups -OCH3 is 6. The van der Waals surface area contributed by atoms with Gasteiger partial charge in [0.2, 0.25) is 0 Å². The van der Waals surface area contributed by atoms with Gasteiger partial charge < -0.3 is 38.2 Å². The van der Waals surface area contributed by atoms with Crippen LogP contribution >= 0.6 is 0 Å². The van der Waals surface area contributed by atoms with Crippen LogP contribution in [0.2, 0.25) is 0 Å². The van der Waals surface area contributed by atoms with Gasteiger partial charge in [-0.3, -0.25) is 0 Å². The molecule has 5 rings (SSSR count). The largest absolute Gasteiger partial charge is 0.497 e. The van der Waals surface area contributed by atoms with Crippen molar-refractivity contribution in [3.05, 3.63) is 60.9 Å². The molecule has 0 bridgehead atoms. The minimum atomic E-state index is 0.609. The summed E-state index contributed by atoms with van der Waals surface area (Å²) in [4.78, 5) is 14.3. The summed E-state index contributed by atoms with van der Waals surface area (Å²) in [6, 6.07) is 15.7. The molecule has 0 aliphatic carbocycles. The third-order valence-corrected chi connectivity index (χ3v) is 7.64. The summed E-state index contributed by atoms with van der Waals surface area (Å²) in [7, 11) is 9.76. The topological polar surface area (TPSA) is 87.6 Å². The van der Waals surface area contributed by atoms with E-state index < -0.39 is 0 Å². The van der Waals surface area contributed by atoms with Gasteiger partial charge >= 0.3 is 0 Å². The summed E-state index contributed by atoms with van der Waals surface area (Å²) in [5, 5.41) is 0. The fourth-order valence-electron chi connectivity index (χ4n) is 5.38. The Hall–Kier alpha value is -4.86. The second kappa shape index (κ2) is 13.4. The number of aromatic nitrogens is 2. The van der Waals surface area contributed by atoms with E-state index in [1.165, 1.54) is 0 Å². The van der Waals surface area contributed by atoms with Crippen molar-refractivity contribution >= 4 is 11.6 Å². The molecular formula is C33H38N4O6. The molecule has 0 unspecified atom stereocenters. The number of hydrogen-bond donors (Lipinski definition) is 0. The second-order valence-corrected chi connectivity index (χ2v) is 9.96. The Kier molecular flexibility index (Phi) is 9.24. The van der Waals surface area contributed by atoms with E-state index in [9.17, 15) is 0 Å². The number of rotatable bonds is 10. The van der Waals surface area contributed by atoms with E-state index in [1.807, 2.05) is 36.7 Å². The quantitative estimate of drug-likeness (QED) is 0.235. The second-order valence-electron chi connectivity index (χ2n) is 9.96. The van der Waals surface area contributed by atoms with Crippen LogP contribution in [-0.4, -0.2) is 78.8 Å². The van der Waals surface area contributed by atoms with Crippen LogP contribution in [0.3, 0.4) is 0 Å². The standard InChI is InChI=1S/C33H38N4O6/c1-38-24-16-26(32(42-5)28(18-24)40-3)22-8-10-30(34-20-22)36-12-7-13-37(15-14-36)31-11-9-23(21-35-31)27-17-25(39-2)19-29(41-4)33(27)43-6/h8-11,16-21H,7,12-15H2,1-6H3. The molecule has 10 nitrogen and oxygen atoms in total. The first kappa shape index (κ1) is 29.6. The Morgan fingerprint density at radius 2 is 0.953 bits per heavy atom. The van der Waals surface area contributed by atoms with Crippen molar-refractivity contribution in [3.63, 3.8) is 0 Å². The summed E-state index contributed by atoms with van der Waals surface area (Å²) in [5.74, 6) is 5.75. The van der Waals surface area contributed by atoms with Crippen molar-refractivity contribution in [2.24, 2.45) is 0 Å². The monoisotopic (exact) mass is 586 g/mol. The molecular weight excluding hydrogens is 548 g/mol. The first-order chi connectivity index (χ1) is 21.0. The molecule has 226 valence electrons. The van der Waals surface area contributed by atoms with E-state index in [1.54, 1.807) is 42.7 Å². The molecule has 43 heavy (non-hydrogen) atoms. The van der Waals surface area contributed by atoms with Gasteiger partial charge in [0.1, 0.15) is 23.1 Å². The third kappa shape index (κ3) is 6.18. The van der Waals surface area contributed by atoms with Crippen LogP contribution in [0, 0.1) is 0 Å². The SMILES string of the molecule is COc1cc(OC)c(OC)c(-c2ccc(N3CCCN(c4ccc(-c5cc(OC)cc(OC)c5OC)cn4)CC3)nc2)c1. The average molecular weight is 587 g/mol. The van der Waals surface area contributed by atoms with E-state index in [4.69, 9.17) is 38.4 Å². The number of benzene rings is 2. The molecule has 0 atom stereocenters. The zero-order valence-corrected chi connectivity index (χ0v) is 25.5. The third-order valence-electron chi connectivity index (χ3n) is 7.64. The molecule has 1 fully saturated rings. The molecule has 0 saturated carbocycles. The molecule has 0 spiro atoms. The van der Waals surface area contributed by atoms with Crippen molar-refractivity contribution in [2.45, 2.75) is 6.42 Å². The predicted octanol–water partition coefficient (Wildman–Crippen LogP) is 5.58. The normalized spacial score (nSPS) is 13.3. The molecule has 1 saturated heterocycles. The number of ether oxygens (including phenoxy) is 6. The Morgan fingerprint density at radius 1 is 0.512 bits per heavy atom. The molecule has 10 heteroatoms. The minimum Gasteiger partial charge on any atom is -0.497 e. The Balaban J connectivity index is 1.30. The molecule has 0 radical (unpaired) electrons. The first-order valence-electron chi connectivity index (χ1n) is 14.1. The summed E-state index contributed by atoms with van der Waals surface area (Å²) in [6.07, 6.45) is 4.72. The van der Waals surface area contributed by atoms with E-state index in [-0.39, 0.29) is 0 Å². The van der Waals surface area contributed by atoms with Gasteiger partial charge in [-0.15, -0.1) is 0 Å². The van der Waals surface area contributed by atoms with Crippen LogP contribution < -0.4 is 38.2 Å². The van der Waals surface area contributed by atoms with Gasteiger partial charge in [-0.25, -0.2) is 9.97 Å². The van der Waals surface area contributed by atoms with Crippen LogP contribution in [0.15, 0.2) is 60.9 Å². The van der Waals surface area contributed by atoms with Crippen molar-refractivity contribution in [2.75, 3.05) is 78.6 Å². The summed E-state index contributed by atoms with van der Waals surface area (Å²) >= 11 is 0. The van der Waals surface area contributed by atoms with E-state index in [2.05, 4.69) is 34.1 Å². The van der Waals surface area contributed by atoms with Crippen LogP contribution in [0.1, 0.15) is 6.42 Å². The van der Waals surface area contributed by atoms with Gasteiger partial charge in [-0.2, -0.15) is 0 Å². The molecule has 3 heterocycles.